The van der Waals surface area contributed by atoms with Gasteiger partial charge < -0.3 is 10.5 Å². The minimum atomic E-state index is 0.192. The normalized spacial score (nSPS) is 17.9. The molecule has 14 heavy (non-hydrogen) atoms. The Morgan fingerprint density at radius 2 is 2.21 bits per heavy atom. The summed E-state index contributed by atoms with van der Waals surface area (Å²) in [6.07, 6.45) is 2.54. The van der Waals surface area contributed by atoms with Crippen molar-refractivity contribution in [2.45, 2.75) is 18.9 Å². The molecule has 2 nitrogen and oxygen atoms in total. The molecule has 0 amide bonds. The second-order valence-electron chi connectivity index (χ2n) is 3.76. The number of ether oxygens (including phenoxy) is 1. The maximum atomic E-state index is 6.10. The van der Waals surface area contributed by atoms with Crippen LogP contribution in [0.4, 0.5) is 0 Å². The van der Waals surface area contributed by atoms with Crippen LogP contribution in [0.1, 0.15) is 24.4 Å². The maximum Gasteiger partial charge on any atom is 0.133 e. The van der Waals surface area contributed by atoms with Crippen LogP contribution in [0.25, 0.3) is 0 Å². The van der Waals surface area contributed by atoms with E-state index < -0.39 is 0 Å². The molecule has 0 radical (unpaired) electrons. The molecular formula is C11H14BrNO. The predicted molar refractivity (Wildman–Crippen MR) is 60.3 cm³/mol. The largest absolute Gasteiger partial charge is 0.496 e. The molecule has 1 fully saturated rings. The first-order valence-corrected chi connectivity index (χ1v) is 5.60. The fourth-order valence-electron chi connectivity index (χ4n) is 1.62. The van der Waals surface area contributed by atoms with Gasteiger partial charge in [0.05, 0.1) is 11.6 Å². The summed E-state index contributed by atoms with van der Waals surface area (Å²) in [6, 6.07) is 6.26. The average molecular weight is 256 g/mol. The van der Waals surface area contributed by atoms with Crippen LogP contribution in [0.3, 0.4) is 0 Å². The van der Waals surface area contributed by atoms with E-state index in [2.05, 4.69) is 22.0 Å². The fourth-order valence-corrected chi connectivity index (χ4v) is 2.18. The zero-order valence-electron chi connectivity index (χ0n) is 8.16. The molecule has 0 spiro atoms. The second-order valence-corrected chi connectivity index (χ2v) is 4.61. The Hall–Kier alpha value is -0.540. The third-order valence-electron chi connectivity index (χ3n) is 2.69. The van der Waals surface area contributed by atoms with E-state index >= 15 is 0 Å². The first kappa shape index (κ1) is 9.99. The summed E-state index contributed by atoms with van der Waals surface area (Å²) < 4.78 is 6.15. The van der Waals surface area contributed by atoms with Crippen LogP contribution in [-0.4, -0.2) is 7.11 Å². The summed E-state index contributed by atoms with van der Waals surface area (Å²) in [6.45, 7) is 0. The highest BCUT2D eigenvalue weighted by Crippen LogP contribution is 2.40. The minimum Gasteiger partial charge on any atom is -0.496 e. The standard InChI is InChI=1S/C11H14BrNO/c1-14-10-5-4-8(6-9(10)12)11(13)7-2-3-7/h4-7,11H,2-3,13H2,1H3/t11-/m1/s1. The van der Waals surface area contributed by atoms with Gasteiger partial charge in [0.2, 0.25) is 0 Å². The average Bonchev–Trinajstić information content (AvgIpc) is 3.00. The van der Waals surface area contributed by atoms with Crippen LogP contribution < -0.4 is 10.5 Å². The fraction of sp³-hybridized carbons (Fsp3) is 0.455. The molecule has 1 aliphatic rings. The maximum absolute atomic E-state index is 6.10. The number of methoxy groups -OCH3 is 1. The van der Waals surface area contributed by atoms with Gasteiger partial charge in [-0.2, -0.15) is 0 Å². The highest BCUT2D eigenvalue weighted by molar-refractivity contribution is 9.10. The van der Waals surface area contributed by atoms with Gasteiger partial charge in [-0.3, -0.25) is 0 Å². The van der Waals surface area contributed by atoms with Crippen molar-refractivity contribution in [3.8, 4) is 5.75 Å². The van der Waals surface area contributed by atoms with E-state index in [0.29, 0.717) is 5.92 Å². The Kier molecular flexibility index (Phi) is 2.79. The quantitative estimate of drug-likeness (QED) is 0.902. The third kappa shape index (κ3) is 1.93. The molecule has 1 aromatic rings. The van der Waals surface area contributed by atoms with Crippen molar-refractivity contribution in [2.24, 2.45) is 11.7 Å². The SMILES string of the molecule is COc1ccc([C@H](N)C2CC2)cc1Br. The van der Waals surface area contributed by atoms with Gasteiger partial charge in [0, 0.05) is 6.04 Å². The molecule has 0 aliphatic heterocycles. The van der Waals surface area contributed by atoms with Crippen LogP contribution in [0.15, 0.2) is 22.7 Å². The van der Waals surface area contributed by atoms with Crippen molar-refractivity contribution in [1.29, 1.82) is 0 Å². The van der Waals surface area contributed by atoms with Gasteiger partial charge in [-0.15, -0.1) is 0 Å². The summed E-state index contributed by atoms with van der Waals surface area (Å²) >= 11 is 3.46. The lowest BCUT2D eigenvalue weighted by molar-refractivity contribution is 0.411. The van der Waals surface area contributed by atoms with Crippen LogP contribution in [0.2, 0.25) is 0 Å². The molecule has 1 atom stereocenters. The molecule has 76 valence electrons. The Morgan fingerprint density at radius 1 is 1.50 bits per heavy atom. The minimum absolute atomic E-state index is 0.192. The van der Waals surface area contributed by atoms with Crippen molar-refractivity contribution in [1.82, 2.24) is 0 Å². The number of halogens is 1. The molecule has 0 unspecified atom stereocenters. The highest BCUT2D eigenvalue weighted by atomic mass is 79.9. The van der Waals surface area contributed by atoms with E-state index in [1.54, 1.807) is 7.11 Å². The molecule has 1 saturated carbocycles. The predicted octanol–water partition coefficient (Wildman–Crippen LogP) is 2.87. The number of hydrogen-bond donors (Lipinski definition) is 1. The molecule has 1 aromatic carbocycles. The van der Waals surface area contributed by atoms with Crippen LogP contribution in [0.5, 0.6) is 5.75 Å². The number of benzene rings is 1. The monoisotopic (exact) mass is 255 g/mol. The number of nitrogens with two attached hydrogens (primary N) is 1. The number of hydrogen-bond acceptors (Lipinski definition) is 2. The van der Waals surface area contributed by atoms with Gasteiger partial charge in [0.1, 0.15) is 5.75 Å². The van der Waals surface area contributed by atoms with E-state index in [9.17, 15) is 0 Å². The summed E-state index contributed by atoms with van der Waals surface area (Å²) in [5.41, 5.74) is 7.29. The smallest absolute Gasteiger partial charge is 0.133 e. The van der Waals surface area contributed by atoms with Crippen molar-refractivity contribution >= 4 is 15.9 Å². The zero-order chi connectivity index (χ0) is 10.1. The van der Waals surface area contributed by atoms with Crippen LogP contribution in [0, 0.1) is 5.92 Å². The zero-order valence-corrected chi connectivity index (χ0v) is 9.75. The van der Waals surface area contributed by atoms with Crippen molar-refractivity contribution in [3.63, 3.8) is 0 Å². The molecule has 0 bridgehead atoms. The first-order chi connectivity index (χ1) is 6.72. The topological polar surface area (TPSA) is 35.2 Å². The summed E-state index contributed by atoms with van der Waals surface area (Å²) in [7, 11) is 1.67. The molecule has 1 aliphatic carbocycles. The molecule has 0 heterocycles. The van der Waals surface area contributed by atoms with E-state index in [0.717, 1.165) is 10.2 Å². The Labute approximate surface area is 92.6 Å². The van der Waals surface area contributed by atoms with Crippen LogP contribution in [-0.2, 0) is 0 Å². The highest BCUT2D eigenvalue weighted by Gasteiger charge is 2.29. The third-order valence-corrected chi connectivity index (χ3v) is 3.31. The second kappa shape index (κ2) is 3.91. The van der Waals surface area contributed by atoms with Gasteiger partial charge in [-0.05, 0) is 52.4 Å². The molecule has 0 saturated heterocycles. The molecule has 2 N–H and O–H groups in total. The lowest BCUT2D eigenvalue weighted by Crippen LogP contribution is -2.12. The van der Waals surface area contributed by atoms with E-state index in [-0.39, 0.29) is 6.04 Å². The molecule has 0 aromatic heterocycles. The van der Waals surface area contributed by atoms with Gasteiger partial charge in [0.15, 0.2) is 0 Å². The number of rotatable bonds is 3. The van der Waals surface area contributed by atoms with Gasteiger partial charge in [-0.1, -0.05) is 6.07 Å². The van der Waals surface area contributed by atoms with E-state index in [4.69, 9.17) is 10.5 Å². The Balaban J connectivity index is 2.22. The van der Waals surface area contributed by atoms with Gasteiger partial charge in [-0.25, -0.2) is 0 Å². The summed E-state index contributed by atoms with van der Waals surface area (Å²) in [5, 5.41) is 0. The molecular weight excluding hydrogens is 242 g/mol. The van der Waals surface area contributed by atoms with Crippen molar-refractivity contribution < 1.29 is 4.74 Å². The van der Waals surface area contributed by atoms with Gasteiger partial charge >= 0.3 is 0 Å². The molecule has 3 heteroatoms. The Morgan fingerprint density at radius 3 is 2.71 bits per heavy atom. The molecule has 2 rings (SSSR count). The van der Waals surface area contributed by atoms with Crippen molar-refractivity contribution in [2.75, 3.05) is 7.11 Å². The van der Waals surface area contributed by atoms with Crippen LogP contribution >= 0.6 is 15.9 Å². The van der Waals surface area contributed by atoms with E-state index in [1.165, 1.54) is 18.4 Å². The van der Waals surface area contributed by atoms with Crippen molar-refractivity contribution in [3.05, 3.63) is 28.2 Å². The Bertz CT molecular complexity index is 336. The first-order valence-electron chi connectivity index (χ1n) is 4.81. The summed E-state index contributed by atoms with van der Waals surface area (Å²) in [5.74, 6) is 1.55. The lowest BCUT2D eigenvalue weighted by atomic mass is 10.0. The summed E-state index contributed by atoms with van der Waals surface area (Å²) in [4.78, 5) is 0. The lowest BCUT2D eigenvalue weighted by Gasteiger charge is -2.12. The van der Waals surface area contributed by atoms with Gasteiger partial charge in [0.25, 0.3) is 0 Å². The van der Waals surface area contributed by atoms with E-state index in [1.807, 2.05) is 12.1 Å².